The maximum atomic E-state index is 12.1. The molecule has 32 heavy (non-hydrogen) atoms. The predicted octanol–water partition coefficient (Wildman–Crippen LogP) is 4.36. The van der Waals surface area contributed by atoms with Crippen LogP contribution >= 0.6 is 0 Å². The highest BCUT2D eigenvalue weighted by molar-refractivity contribution is 5.90. The van der Waals surface area contributed by atoms with Crippen molar-refractivity contribution in [2.45, 2.75) is 52.4 Å². The maximum Gasteiger partial charge on any atom is 0.407 e. The van der Waals surface area contributed by atoms with Crippen LogP contribution in [0.1, 0.15) is 44.7 Å². The fourth-order valence-corrected chi connectivity index (χ4v) is 2.63. The van der Waals surface area contributed by atoms with Gasteiger partial charge in [0, 0.05) is 25.2 Å². The Bertz CT molecular complexity index is 877. The lowest BCUT2D eigenvalue weighted by Gasteiger charge is -2.19. The molecule has 0 bridgehead atoms. The van der Waals surface area contributed by atoms with Crippen molar-refractivity contribution >= 4 is 23.8 Å². The molecule has 2 aromatic carbocycles. The average molecular weight is 442 g/mol. The normalized spacial score (nSPS) is 10.7. The number of hydrogen-bond donors (Lipinski definition) is 3. The fourth-order valence-electron chi connectivity index (χ4n) is 2.63. The number of benzene rings is 2. The van der Waals surface area contributed by atoms with Crippen LogP contribution in [0.2, 0.25) is 0 Å². The van der Waals surface area contributed by atoms with Crippen LogP contribution in [0.4, 0.5) is 15.3 Å². The Morgan fingerprint density at radius 1 is 0.844 bits per heavy atom. The summed E-state index contributed by atoms with van der Waals surface area (Å²) >= 11 is 0. The second-order valence-corrected chi connectivity index (χ2v) is 8.19. The molecular formula is C24H31N3O5. The summed E-state index contributed by atoms with van der Waals surface area (Å²) in [6.45, 7) is 6.29. The molecule has 2 aromatic rings. The van der Waals surface area contributed by atoms with Crippen molar-refractivity contribution in [3.63, 3.8) is 0 Å². The summed E-state index contributed by atoms with van der Waals surface area (Å²) in [5.74, 6) is -0.149. The number of hydrogen-bond acceptors (Lipinski definition) is 5. The number of rotatable bonds is 9. The van der Waals surface area contributed by atoms with Crippen molar-refractivity contribution in [1.82, 2.24) is 10.6 Å². The average Bonchev–Trinajstić information content (AvgIpc) is 2.74. The predicted molar refractivity (Wildman–Crippen MR) is 122 cm³/mol. The van der Waals surface area contributed by atoms with E-state index in [1.54, 1.807) is 32.9 Å². The number of amides is 3. The van der Waals surface area contributed by atoms with Gasteiger partial charge in [0.1, 0.15) is 12.2 Å². The lowest BCUT2D eigenvalue weighted by molar-refractivity contribution is -0.116. The smallest absolute Gasteiger partial charge is 0.407 e. The van der Waals surface area contributed by atoms with Crippen molar-refractivity contribution < 1.29 is 23.9 Å². The van der Waals surface area contributed by atoms with Gasteiger partial charge >= 0.3 is 12.2 Å². The molecule has 0 aliphatic carbocycles. The number of carbonyl (C=O) groups is 3. The van der Waals surface area contributed by atoms with Gasteiger partial charge < -0.3 is 25.4 Å². The van der Waals surface area contributed by atoms with Gasteiger partial charge in [-0.2, -0.15) is 0 Å². The van der Waals surface area contributed by atoms with Crippen molar-refractivity contribution in [2.24, 2.45) is 0 Å². The molecule has 8 nitrogen and oxygen atoms in total. The highest BCUT2D eigenvalue weighted by Gasteiger charge is 2.15. The Morgan fingerprint density at radius 2 is 1.53 bits per heavy atom. The van der Waals surface area contributed by atoms with E-state index >= 15 is 0 Å². The number of alkyl carbamates (subject to hydrolysis) is 2. The van der Waals surface area contributed by atoms with Crippen molar-refractivity contribution in [3.8, 4) is 0 Å². The first-order valence-corrected chi connectivity index (χ1v) is 10.5. The topological polar surface area (TPSA) is 106 Å². The number of carbonyl (C=O) groups excluding carboxylic acids is 3. The van der Waals surface area contributed by atoms with Crippen molar-refractivity contribution in [2.75, 3.05) is 11.9 Å². The monoisotopic (exact) mass is 441 g/mol. The van der Waals surface area contributed by atoms with Crippen LogP contribution in [0.5, 0.6) is 0 Å². The largest absolute Gasteiger partial charge is 0.445 e. The molecular weight excluding hydrogens is 410 g/mol. The van der Waals surface area contributed by atoms with Gasteiger partial charge in [0.15, 0.2) is 0 Å². The fraction of sp³-hybridized carbons (Fsp3) is 0.375. The first kappa shape index (κ1) is 24.7. The van der Waals surface area contributed by atoms with Gasteiger partial charge in [-0.05, 0) is 50.5 Å². The van der Waals surface area contributed by atoms with E-state index in [-0.39, 0.29) is 18.9 Å². The van der Waals surface area contributed by atoms with Gasteiger partial charge in [-0.25, -0.2) is 9.59 Å². The molecule has 172 valence electrons. The van der Waals surface area contributed by atoms with E-state index in [1.807, 2.05) is 42.5 Å². The van der Waals surface area contributed by atoms with E-state index < -0.39 is 17.8 Å². The summed E-state index contributed by atoms with van der Waals surface area (Å²) in [5, 5.41) is 8.12. The number of ether oxygens (including phenoxy) is 2. The van der Waals surface area contributed by atoms with Crippen LogP contribution in [-0.2, 0) is 27.4 Å². The summed E-state index contributed by atoms with van der Waals surface area (Å²) in [7, 11) is 0. The molecule has 0 heterocycles. The third-order valence-corrected chi connectivity index (χ3v) is 4.14. The highest BCUT2D eigenvalue weighted by Crippen LogP contribution is 2.11. The van der Waals surface area contributed by atoms with Crippen LogP contribution in [0, 0.1) is 0 Å². The molecule has 0 atom stereocenters. The minimum atomic E-state index is -0.545. The van der Waals surface area contributed by atoms with E-state index in [0.29, 0.717) is 25.2 Å². The Labute approximate surface area is 188 Å². The van der Waals surface area contributed by atoms with Gasteiger partial charge in [0.25, 0.3) is 0 Å². The zero-order valence-electron chi connectivity index (χ0n) is 18.8. The quantitative estimate of drug-likeness (QED) is 0.502. The van der Waals surface area contributed by atoms with Gasteiger partial charge in [-0.1, -0.05) is 42.5 Å². The molecule has 0 aromatic heterocycles. The zero-order valence-corrected chi connectivity index (χ0v) is 18.8. The molecule has 3 amide bonds. The van der Waals surface area contributed by atoms with E-state index in [4.69, 9.17) is 9.47 Å². The molecule has 0 saturated heterocycles. The molecule has 0 fully saturated rings. The first-order valence-electron chi connectivity index (χ1n) is 10.5. The molecule has 2 rings (SSSR count). The minimum absolute atomic E-state index is 0.149. The second-order valence-electron chi connectivity index (χ2n) is 8.19. The van der Waals surface area contributed by atoms with Gasteiger partial charge in [-0.3, -0.25) is 4.79 Å². The van der Waals surface area contributed by atoms with Crippen molar-refractivity contribution in [1.29, 1.82) is 0 Å². The molecule has 0 aliphatic rings. The Morgan fingerprint density at radius 3 is 2.19 bits per heavy atom. The molecule has 0 aliphatic heterocycles. The summed E-state index contributed by atoms with van der Waals surface area (Å²) in [5.41, 5.74) is 1.91. The SMILES string of the molecule is CC(C)(C)OC(=O)NCc1ccc(NC(=O)CCCNC(=O)OCc2ccccc2)cc1. The lowest BCUT2D eigenvalue weighted by Crippen LogP contribution is -2.32. The summed E-state index contributed by atoms with van der Waals surface area (Å²) < 4.78 is 10.3. The Hall–Kier alpha value is -3.55. The highest BCUT2D eigenvalue weighted by atomic mass is 16.6. The van der Waals surface area contributed by atoms with Crippen LogP contribution in [0.25, 0.3) is 0 Å². The molecule has 0 saturated carbocycles. The molecule has 0 unspecified atom stereocenters. The molecule has 0 radical (unpaired) electrons. The van der Waals surface area contributed by atoms with Gasteiger partial charge in [0.05, 0.1) is 0 Å². The standard InChI is InChI=1S/C24H31N3O5/c1-24(2,3)32-23(30)26-16-18-11-13-20(14-12-18)27-21(28)10-7-15-25-22(29)31-17-19-8-5-4-6-9-19/h4-6,8-9,11-14H,7,10,15-17H2,1-3H3,(H,25,29)(H,26,30)(H,27,28). The Balaban J connectivity index is 1.60. The maximum absolute atomic E-state index is 12.1. The number of anilines is 1. The zero-order chi connectivity index (χ0) is 23.4. The second kappa shape index (κ2) is 12.3. The number of nitrogens with one attached hydrogen (secondary N) is 3. The minimum Gasteiger partial charge on any atom is -0.445 e. The van der Waals surface area contributed by atoms with E-state index in [1.165, 1.54) is 0 Å². The van der Waals surface area contributed by atoms with Gasteiger partial charge in [0.2, 0.25) is 5.91 Å². The first-order chi connectivity index (χ1) is 15.2. The van der Waals surface area contributed by atoms with Crippen LogP contribution in [0.3, 0.4) is 0 Å². The Kier molecular flexibility index (Phi) is 9.53. The summed E-state index contributed by atoms with van der Waals surface area (Å²) in [6, 6.07) is 16.6. The van der Waals surface area contributed by atoms with Crippen LogP contribution < -0.4 is 16.0 Å². The molecule has 8 heteroatoms. The van der Waals surface area contributed by atoms with Crippen LogP contribution in [0.15, 0.2) is 54.6 Å². The third kappa shape index (κ3) is 10.5. The molecule has 3 N–H and O–H groups in total. The summed E-state index contributed by atoms with van der Waals surface area (Å²) in [4.78, 5) is 35.4. The van der Waals surface area contributed by atoms with Crippen molar-refractivity contribution in [3.05, 3.63) is 65.7 Å². The van der Waals surface area contributed by atoms with E-state index in [9.17, 15) is 14.4 Å². The molecule has 0 spiro atoms. The van der Waals surface area contributed by atoms with Crippen LogP contribution in [-0.4, -0.2) is 30.2 Å². The summed E-state index contributed by atoms with van der Waals surface area (Å²) in [6.07, 6.45) is -0.234. The van der Waals surface area contributed by atoms with Gasteiger partial charge in [-0.15, -0.1) is 0 Å². The van der Waals surface area contributed by atoms with E-state index in [2.05, 4.69) is 16.0 Å². The third-order valence-electron chi connectivity index (χ3n) is 4.14. The lowest BCUT2D eigenvalue weighted by atomic mass is 10.2. The van der Waals surface area contributed by atoms with E-state index in [0.717, 1.165) is 11.1 Å².